The van der Waals surface area contributed by atoms with E-state index < -0.39 is 57.8 Å². The van der Waals surface area contributed by atoms with Crippen LogP contribution in [0.4, 0.5) is 0 Å². The lowest BCUT2D eigenvalue weighted by atomic mass is 10.1. The van der Waals surface area contributed by atoms with Crippen LogP contribution in [0.5, 0.6) is 0 Å². The average Bonchev–Trinajstić information content (AvgIpc) is 3.53. The summed E-state index contributed by atoms with van der Waals surface area (Å²) in [6.07, 6.45) is 77.0. The van der Waals surface area contributed by atoms with Crippen LogP contribution in [0.2, 0.25) is 0 Å². The summed E-state index contributed by atoms with van der Waals surface area (Å²) in [5, 5.41) is 9.88. The van der Waals surface area contributed by atoms with E-state index in [1.165, 1.54) is 167 Å². The minimum atomic E-state index is -4.76. The van der Waals surface area contributed by atoms with Gasteiger partial charge in [-0.3, -0.25) is 23.4 Å². The van der Waals surface area contributed by atoms with Crippen LogP contribution in [-0.2, 0) is 42.2 Å². The van der Waals surface area contributed by atoms with Crippen molar-refractivity contribution in [2.45, 2.75) is 341 Å². The van der Waals surface area contributed by atoms with Gasteiger partial charge >= 0.3 is 25.7 Å². The predicted octanol–water partition coefficient (Wildman–Crippen LogP) is 21.6. The van der Waals surface area contributed by atoms with Crippen molar-refractivity contribution in [2.24, 2.45) is 0 Å². The molecule has 0 radical (unpaired) electrons. The fourth-order valence-corrected chi connectivity index (χ4v) is 10.5. The summed E-state index contributed by atoms with van der Waals surface area (Å²) in [6.45, 7) is 4.63. The molecule has 3 atom stereocenters. The van der Waals surface area contributed by atoms with E-state index in [1.807, 2.05) is 0 Å². The Balaban J connectivity index is 4.69. The minimum absolute atomic E-state index is 0.152. The van der Waals surface area contributed by atoms with Crippen LogP contribution in [-0.4, -0.2) is 66.5 Å². The summed E-state index contributed by atoms with van der Waals surface area (Å²) in [4.78, 5) is 48.9. The second kappa shape index (κ2) is 65.9. The van der Waals surface area contributed by atoms with Crippen molar-refractivity contribution in [1.82, 2.24) is 0 Å². The first-order valence-electron chi connectivity index (χ1n) is 34.8. The van der Waals surface area contributed by atoms with E-state index in [0.29, 0.717) is 19.3 Å². The summed E-state index contributed by atoms with van der Waals surface area (Å²) >= 11 is 0. The molecule has 12 heteroatoms. The highest BCUT2D eigenvalue weighted by atomic mass is 31.2. The summed E-state index contributed by atoms with van der Waals surface area (Å²) in [6, 6.07) is 0. The number of allylic oxidation sites excluding steroid dienone is 12. The lowest BCUT2D eigenvalue weighted by Crippen LogP contribution is -2.30. The number of carbonyl (C=O) groups excluding carboxylic acids is 3. The number of unbranched alkanes of at least 4 members (excludes halogenated alkanes) is 36. The highest BCUT2D eigenvalue weighted by Gasteiger charge is 2.28. The van der Waals surface area contributed by atoms with Gasteiger partial charge in [-0.15, -0.1) is 0 Å². The molecule has 84 heavy (non-hydrogen) atoms. The molecule has 0 aliphatic heterocycles. The number of phosphoric acid groups is 1. The maximum Gasteiger partial charge on any atom is 0.472 e. The highest BCUT2D eigenvalue weighted by molar-refractivity contribution is 7.47. The topological polar surface area (TPSA) is 155 Å². The zero-order valence-corrected chi connectivity index (χ0v) is 55.3. The van der Waals surface area contributed by atoms with Crippen molar-refractivity contribution in [2.75, 3.05) is 26.4 Å². The molecular weight excluding hydrogens is 1070 g/mol. The van der Waals surface area contributed by atoms with Crippen LogP contribution >= 0.6 is 7.82 Å². The number of esters is 3. The summed E-state index contributed by atoms with van der Waals surface area (Å²) < 4.78 is 39.8. The Labute approximate surface area is 516 Å². The third kappa shape index (κ3) is 63.4. The number of phosphoric ester groups is 1. The molecule has 0 fully saturated rings. The van der Waals surface area contributed by atoms with Crippen molar-refractivity contribution in [3.8, 4) is 0 Å². The maximum atomic E-state index is 13.0. The van der Waals surface area contributed by atoms with Gasteiger partial charge in [-0.25, -0.2) is 4.57 Å². The van der Waals surface area contributed by atoms with Crippen LogP contribution in [0.15, 0.2) is 72.9 Å². The molecule has 488 valence electrons. The molecule has 0 rings (SSSR count). The number of rotatable bonds is 65. The van der Waals surface area contributed by atoms with Crippen molar-refractivity contribution >= 4 is 25.7 Å². The van der Waals surface area contributed by atoms with Crippen molar-refractivity contribution in [3.63, 3.8) is 0 Å². The van der Waals surface area contributed by atoms with E-state index in [1.54, 1.807) is 0 Å². The molecule has 0 aromatic carbocycles. The fourth-order valence-electron chi connectivity index (χ4n) is 9.74. The quantitative estimate of drug-likeness (QED) is 0.0197. The SMILES string of the molecule is CCCCC/C=C\C/C=C\C/C=C\CCCCCCCCC(=O)OC(COC(=O)CCCCCCCCCCC/C=C\C/C=C\CCCCC)COP(=O)(O)OCC(CO)OC(=O)CCCCCCCCCCC/C=C\CCCCCCCC. The molecule has 11 nitrogen and oxygen atoms in total. The first-order valence-corrected chi connectivity index (χ1v) is 36.3. The van der Waals surface area contributed by atoms with Crippen LogP contribution in [0.1, 0.15) is 329 Å². The molecule has 2 N–H and O–H groups in total. The Bertz CT molecular complexity index is 1690. The third-order valence-corrected chi connectivity index (χ3v) is 16.0. The molecule has 0 aromatic heterocycles. The van der Waals surface area contributed by atoms with E-state index in [2.05, 4.69) is 93.7 Å². The van der Waals surface area contributed by atoms with Gasteiger partial charge in [0, 0.05) is 19.3 Å². The summed E-state index contributed by atoms with van der Waals surface area (Å²) in [7, 11) is -4.76. The van der Waals surface area contributed by atoms with Gasteiger partial charge in [-0.2, -0.15) is 0 Å². The van der Waals surface area contributed by atoms with E-state index >= 15 is 0 Å². The highest BCUT2D eigenvalue weighted by Crippen LogP contribution is 2.43. The first kappa shape index (κ1) is 80.9. The monoisotopic (exact) mass is 1200 g/mol. The molecule has 0 aromatic rings. The molecule has 0 aliphatic carbocycles. The largest absolute Gasteiger partial charge is 0.472 e. The van der Waals surface area contributed by atoms with Gasteiger partial charge in [0.2, 0.25) is 0 Å². The van der Waals surface area contributed by atoms with Crippen LogP contribution in [0.3, 0.4) is 0 Å². The van der Waals surface area contributed by atoms with E-state index in [9.17, 15) is 28.9 Å². The Morgan fingerprint density at radius 3 is 0.929 bits per heavy atom. The zero-order valence-electron chi connectivity index (χ0n) is 54.4. The van der Waals surface area contributed by atoms with Gasteiger partial charge in [0.05, 0.1) is 19.8 Å². The summed E-state index contributed by atoms with van der Waals surface area (Å²) in [5.41, 5.74) is 0. The first-order chi connectivity index (χ1) is 41.2. The Hall–Kier alpha value is -3.08. The molecule has 0 spiro atoms. The standard InChI is InChI=1S/C72H129O11P/c1-4-7-10-13-16-19-22-25-28-31-34-37-40-43-46-49-52-55-58-61-70(74)79-65-69(83-72(76)63-60-57-54-51-48-45-42-39-36-33-30-27-24-21-18-15-12-9-6-3)67-81-84(77,78)80-66-68(64-73)82-71(75)62-59-56-53-50-47-44-41-38-35-32-29-26-23-20-17-14-11-8-5-2/h16,18-19,21,25-30,36,39,68-69,73H,4-15,17,20,22-24,31-35,37-38,40-67H2,1-3H3,(H,77,78)/b19-16-,21-18-,28-25-,29-26-,30-27-,39-36-. The predicted molar refractivity (Wildman–Crippen MR) is 353 cm³/mol. The number of hydrogen-bond donors (Lipinski definition) is 2. The number of aliphatic hydroxyl groups excluding tert-OH is 1. The van der Waals surface area contributed by atoms with Crippen molar-refractivity contribution in [1.29, 1.82) is 0 Å². The normalized spacial score (nSPS) is 13.6. The minimum Gasteiger partial charge on any atom is -0.462 e. The zero-order chi connectivity index (χ0) is 61.2. The molecule has 0 aliphatic rings. The molecule has 0 heterocycles. The van der Waals surface area contributed by atoms with Gasteiger partial charge in [-0.1, -0.05) is 267 Å². The van der Waals surface area contributed by atoms with Gasteiger partial charge < -0.3 is 24.2 Å². The third-order valence-electron chi connectivity index (χ3n) is 15.1. The van der Waals surface area contributed by atoms with Crippen LogP contribution < -0.4 is 0 Å². The van der Waals surface area contributed by atoms with Crippen LogP contribution in [0, 0.1) is 0 Å². The fraction of sp³-hybridized carbons (Fsp3) is 0.792. The number of hydrogen-bond acceptors (Lipinski definition) is 10. The van der Waals surface area contributed by atoms with Crippen molar-refractivity contribution < 1.29 is 52.2 Å². The molecule has 0 saturated heterocycles. The van der Waals surface area contributed by atoms with Gasteiger partial charge in [0.1, 0.15) is 12.7 Å². The number of carbonyl (C=O) groups is 3. The molecule has 0 bridgehead atoms. The average molecular weight is 1200 g/mol. The summed E-state index contributed by atoms with van der Waals surface area (Å²) in [5.74, 6) is -1.47. The lowest BCUT2D eigenvalue weighted by molar-refractivity contribution is -0.161. The van der Waals surface area contributed by atoms with Gasteiger partial charge in [0.25, 0.3) is 0 Å². The van der Waals surface area contributed by atoms with Crippen molar-refractivity contribution in [3.05, 3.63) is 72.9 Å². The van der Waals surface area contributed by atoms with E-state index in [-0.39, 0.29) is 25.9 Å². The second-order valence-electron chi connectivity index (χ2n) is 23.3. The number of aliphatic hydroxyl groups is 1. The molecule has 0 amide bonds. The van der Waals surface area contributed by atoms with Gasteiger partial charge in [-0.05, 0) is 116 Å². The van der Waals surface area contributed by atoms with Gasteiger partial charge in [0.15, 0.2) is 6.10 Å². The molecular formula is C72H129O11P. The lowest BCUT2D eigenvalue weighted by Gasteiger charge is -2.21. The smallest absolute Gasteiger partial charge is 0.462 e. The number of ether oxygens (including phenoxy) is 3. The van der Waals surface area contributed by atoms with Crippen LogP contribution in [0.25, 0.3) is 0 Å². The Morgan fingerprint density at radius 1 is 0.333 bits per heavy atom. The van der Waals surface area contributed by atoms with E-state index in [0.717, 1.165) is 103 Å². The molecule has 3 unspecified atom stereocenters. The Morgan fingerprint density at radius 2 is 0.583 bits per heavy atom. The maximum absolute atomic E-state index is 13.0. The Kier molecular flexibility index (Phi) is 63.5. The second-order valence-corrected chi connectivity index (χ2v) is 24.8. The molecule has 0 saturated carbocycles. The van der Waals surface area contributed by atoms with E-state index in [4.69, 9.17) is 23.3 Å².